The molecule has 2 aromatic heterocycles. The summed E-state index contributed by atoms with van der Waals surface area (Å²) in [4.78, 5) is 66.1. The molecule has 67 heavy (non-hydrogen) atoms. The van der Waals surface area contributed by atoms with Crippen LogP contribution >= 0.6 is 11.3 Å². The molecule has 2 aliphatic rings. The van der Waals surface area contributed by atoms with Crippen molar-refractivity contribution in [2.45, 2.75) is 102 Å². The van der Waals surface area contributed by atoms with Gasteiger partial charge in [-0.2, -0.15) is 18.2 Å². The Bertz CT molecular complexity index is 2250. The zero-order valence-electron chi connectivity index (χ0n) is 38.6. The highest BCUT2D eigenvalue weighted by molar-refractivity contribution is 7.10. The van der Waals surface area contributed by atoms with Crippen molar-refractivity contribution in [2.24, 2.45) is 5.92 Å². The zero-order chi connectivity index (χ0) is 48.1. The summed E-state index contributed by atoms with van der Waals surface area (Å²) in [5.74, 6) is -2.03. The first-order valence-electron chi connectivity index (χ1n) is 22.8. The van der Waals surface area contributed by atoms with E-state index in [1.807, 2.05) is 18.7 Å². The van der Waals surface area contributed by atoms with Gasteiger partial charge in [0.2, 0.25) is 23.4 Å². The summed E-state index contributed by atoms with van der Waals surface area (Å²) >= 11 is 1.36. The predicted octanol–water partition coefficient (Wildman–Crippen LogP) is 6.33. The average molecular weight is 955 g/mol. The minimum Gasteiger partial charge on any atom is -0.491 e. The zero-order valence-corrected chi connectivity index (χ0v) is 39.4. The van der Waals surface area contributed by atoms with Crippen LogP contribution in [0.3, 0.4) is 0 Å². The summed E-state index contributed by atoms with van der Waals surface area (Å²) in [6.07, 6.45) is 1.32. The molecule has 2 aromatic carbocycles. The molecular formula is C47H61F3N8O8S. The number of ether oxygens (including phenoxy) is 3. The number of amides is 3. The summed E-state index contributed by atoms with van der Waals surface area (Å²) < 4.78 is 60.5. The summed E-state index contributed by atoms with van der Waals surface area (Å²) in [6, 6.07) is 11.2. The lowest BCUT2D eigenvalue weighted by molar-refractivity contribution is -0.159. The van der Waals surface area contributed by atoms with Gasteiger partial charge in [0.15, 0.2) is 0 Å². The summed E-state index contributed by atoms with van der Waals surface area (Å²) in [5.41, 5.74) is 1.28. The molecule has 3 amide bonds. The Morgan fingerprint density at radius 3 is 2.42 bits per heavy atom. The van der Waals surface area contributed by atoms with Gasteiger partial charge in [0, 0.05) is 54.9 Å². The van der Waals surface area contributed by atoms with Crippen LogP contribution in [0.1, 0.15) is 109 Å². The number of likely N-dealkylation sites (tertiary alicyclic amines) is 1. The summed E-state index contributed by atoms with van der Waals surface area (Å²) in [7, 11) is 3.29. The minimum absolute atomic E-state index is 0.0733. The molecule has 20 heteroatoms. The van der Waals surface area contributed by atoms with Gasteiger partial charge in [-0.3, -0.25) is 24.1 Å². The molecule has 4 aromatic rings. The van der Waals surface area contributed by atoms with E-state index in [1.165, 1.54) is 35.6 Å². The Morgan fingerprint density at radius 1 is 0.970 bits per heavy atom. The third-order valence-corrected chi connectivity index (χ3v) is 13.1. The molecule has 16 nitrogen and oxygen atoms in total. The molecular weight excluding hydrogens is 894 g/mol. The Morgan fingerprint density at radius 2 is 1.73 bits per heavy atom. The van der Waals surface area contributed by atoms with Gasteiger partial charge in [0.05, 0.1) is 25.3 Å². The fraction of sp³-hybridized carbons (Fsp3) is 0.553. The van der Waals surface area contributed by atoms with Crippen molar-refractivity contribution in [3.63, 3.8) is 0 Å². The largest absolute Gasteiger partial charge is 0.491 e. The van der Waals surface area contributed by atoms with E-state index in [1.54, 1.807) is 50.7 Å². The molecule has 3 N–H and O–H groups in total. The number of aromatic nitrogens is 3. The second kappa shape index (κ2) is 24.1. The second-order valence-electron chi connectivity index (χ2n) is 17.0. The van der Waals surface area contributed by atoms with E-state index in [0.29, 0.717) is 54.7 Å². The van der Waals surface area contributed by atoms with E-state index in [0.717, 1.165) is 44.9 Å². The highest BCUT2D eigenvalue weighted by Crippen LogP contribution is 2.37. The Balaban J connectivity index is 0.978. The molecule has 1 saturated heterocycles. The molecule has 3 heterocycles. The van der Waals surface area contributed by atoms with Crippen molar-refractivity contribution in [1.82, 2.24) is 40.9 Å². The van der Waals surface area contributed by atoms with E-state index in [4.69, 9.17) is 19.2 Å². The van der Waals surface area contributed by atoms with Crippen LogP contribution in [0, 0.1) is 5.92 Å². The first-order chi connectivity index (χ1) is 32.2. The SMILES string of the molecule is CCN(CCOC(COC)COc1cccc(C(=O)c2csc([C@@H]3CCCN3C(=O)[C@@H](NC(=O)[C@H](C)NC)C3CCCCC3)n2)c1)C[C@@H](C)NC(=O)c1ccc(-c2noc(C(F)(F)F)n2)cc1. The Kier molecular flexibility index (Phi) is 18.4. The number of nitrogens with one attached hydrogen (secondary N) is 3. The number of alkyl halides is 3. The molecule has 1 saturated carbocycles. The van der Waals surface area contributed by atoms with Gasteiger partial charge >= 0.3 is 12.1 Å². The van der Waals surface area contributed by atoms with Crippen molar-refractivity contribution >= 4 is 34.8 Å². The number of ketones is 1. The first kappa shape index (κ1) is 51.1. The van der Waals surface area contributed by atoms with Crippen LogP contribution in [-0.4, -0.2) is 133 Å². The molecule has 1 unspecified atom stereocenters. The van der Waals surface area contributed by atoms with Gasteiger partial charge in [-0.05, 0) is 83.3 Å². The maximum absolute atomic E-state index is 14.2. The highest BCUT2D eigenvalue weighted by atomic mass is 32.1. The number of hydrogen-bond donors (Lipinski definition) is 3. The van der Waals surface area contributed by atoms with Crippen molar-refractivity contribution in [3.8, 4) is 17.1 Å². The van der Waals surface area contributed by atoms with Gasteiger partial charge in [0.1, 0.15) is 35.2 Å². The van der Waals surface area contributed by atoms with Crippen LogP contribution in [0.25, 0.3) is 11.4 Å². The lowest BCUT2D eigenvalue weighted by Gasteiger charge is -2.35. The molecule has 0 bridgehead atoms. The van der Waals surface area contributed by atoms with Crippen LogP contribution in [0.15, 0.2) is 58.4 Å². The van der Waals surface area contributed by atoms with Crippen molar-refractivity contribution in [1.29, 1.82) is 0 Å². The smallest absolute Gasteiger partial charge is 0.471 e. The van der Waals surface area contributed by atoms with Gasteiger partial charge < -0.3 is 39.6 Å². The summed E-state index contributed by atoms with van der Waals surface area (Å²) in [5, 5.41) is 14.8. The number of carbonyl (C=O) groups excluding carboxylic acids is 4. The molecule has 1 aliphatic carbocycles. The second-order valence-corrected chi connectivity index (χ2v) is 17.9. The average Bonchev–Trinajstić information content (AvgIpc) is 4.14. The standard InChI is InChI=1S/C47H61F3N8O8S/c1-6-57(25-29(2)52-43(61)33-19-17-32(18-20-33)41-55-46(66-56-41)47(48,49)50)22-23-64-36(26-63-5)27-65-35-15-10-14-34(24-35)40(59)37-28-67-44(53-37)38-16-11-21-58(38)45(62)39(31-12-8-7-9-13-31)54-42(60)30(3)51-4/h10,14-15,17-20,24,28-31,36,38-39,51H,6-9,11-13,16,21-23,25-27H2,1-5H3,(H,52,61)(H,54,60)/t29-,30+,36?,38+,39+/m1/s1. The molecule has 364 valence electrons. The number of hydrogen-bond acceptors (Lipinski definition) is 14. The molecule has 2 fully saturated rings. The maximum Gasteiger partial charge on any atom is 0.471 e. The Labute approximate surface area is 392 Å². The highest BCUT2D eigenvalue weighted by Gasteiger charge is 2.41. The molecule has 6 rings (SSSR count). The molecule has 0 radical (unpaired) electrons. The van der Waals surface area contributed by atoms with E-state index in [2.05, 4.69) is 35.5 Å². The number of methoxy groups -OCH3 is 1. The predicted molar refractivity (Wildman–Crippen MR) is 244 cm³/mol. The number of nitrogens with zero attached hydrogens (tertiary/aromatic N) is 5. The van der Waals surface area contributed by atoms with Crippen LogP contribution in [0.5, 0.6) is 5.75 Å². The third kappa shape index (κ3) is 13.9. The number of likely N-dealkylation sites (N-methyl/N-ethyl adjacent to an activating group) is 2. The quantitative estimate of drug-likeness (QED) is 0.0701. The lowest BCUT2D eigenvalue weighted by Crippen LogP contribution is -2.55. The van der Waals surface area contributed by atoms with Crippen LogP contribution < -0.4 is 20.7 Å². The van der Waals surface area contributed by atoms with E-state index in [9.17, 15) is 32.3 Å². The maximum atomic E-state index is 14.2. The molecule has 0 spiro atoms. The van der Waals surface area contributed by atoms with Crippen molar-refractivity contribution in [2.75, 3.05) is 60.2 Å². The fourth-order valence-corrected chi connectivity index (χ4v) is 9.30. The fourth-order valence-electron chi connectivity index (χ4n) is 8.36. The van der Waals surface area contributed by atoms with Gasteiger partial charge in [-0.15, -0.1) is 11.3 Å². The van der Waals surface area contributed by atoms with Crippen LogP contribution in [0.2, 0.25) is 0 Å². The van der Waals surface area contributed by atoms with Gasteiger partial charge in [0.25, 0.3) is 5.91 Å². The lowest BCUT2D eigenvalue weighted by atomic mass is 9.83. The van der Waals surface area contributed by atoms with Gasteiger partial charge in [-0.25, -0.2) is 4.98 Å². The normalized spacial score (nSPS) is 17.5. The van der Waals surface area contributed by atoms with Crippen LogP contribution in [-0.2, 0) is 25.2 Å². The van der Waals surface area contributed by atoms with Crippen LogP contribution in [0.4, 0.5) is 13.2 Å². The number of rotatable bonds is 23. The molecule has 5 atom stereocenters. The van der Waals surface area contributed by atoms with E-state index < -0.39 is 30.3 Å². The summed E-state index contributed by atoms with van der Waals surface area (Å²) in [6.45, 7) is 8.73. The number of thiazole rings is 1. The van der Waals surface area contributed by atoms with E-state index in [-0.39, 0.29) is 71.8 Å². The number of halogens is 3. The van der Waals surface area contributed by atoms with E-state index >= 15 is 0 Å². The first-order valence-corrected chi connectivity index (χ1v) is 23.7. The Hall–Kier alpha value is -5.28. The minimum atomic E-state index is -4.76. The molecule has 1 aliphatic heterocycles. The number of carbonyl (C=O) groups is 4. The van der Waals surface area contributed by atoms with Crippen molar-refractivity contribution < 1.29 is 51.1 Å². The topological polar surface area (TPSA) is 190 Å². The van der Waals surface area contributed by atoms with Crippen molar-refractivity contribution in [3.05, 3.63) is 81.6 Å². The third-order valence-electron chi connectivity index (χ3n) is 12.2. The number of benzene rings is 2. The van der Waals surface area contributed by atoms with Gasteiger partial charge in [-0.1, -0.05) is 55.6 Å². The monoisotopic (exact) mass is 954 g/mol.